The van der Waals surface area contributed by atoms with E-state index in [0.717, 1.165) is 45.0 Å². The average Bonchev–Trinajstić information content (AvgIpc) is 2.77. The number of para-hydroxylation sites is 1. The number of anilines is 1. The van der Waals surface area contributed by atoms with Gasteiger partial charge in [-0.25, -0.2) is 0 Å². The van der Waals surface area contributed by atoms with Crippen LogP contribution in [0, 0.1) is 0 Å². The van der Waals surface area contributed by atoms with Crippen molar-refractivity contribution in [2.75, 3.05) is 31.2 Å². The molecule has 0 aliphatic carbocycles. The Morgan fingerprint density at radius 2 is 1.55 bits per heavy atom. The number of hydrogen-bond donors (Lipinski definition) is 1. The van der Waals surface area contributed by atoms with Crippen LogP contribution in [0.15, 0.2) is 77.7 Å². The molecule has 1 aliphatic rings. The van der Waals surface area contributed by atoms with E-state index in [1.165, 1.54) is 16.8 Å². The van der Waals surface area contributed by atoms with Crippen molar-refractivity contribution in [3.63, 3.8) is 0 Å². The van der Waals surface area contributed by atoms with Crippen molar-refractivity contribution in [2.45, 2.75) is 19.6 Å². The minimum Gasteiger partial charge on any atom is -0.378 e. The third-order valence-corrected chi connectivity index (χ3v) is 5.26. The lowest BCUT2D eigenvalue weighted by Crippen LogP contribution is -2.37. The molecule has 2 heterocycles. The Kier molecular flexibility index (Phi) is 6.39. The largest absolute Gasteiger partial charge is 0.378 e. The van der Waals surface area contributed by atoms with Gasteiger partial charge < -0.3 is 19.5 Å². The van der Waals surface area contributed by atoms with Gasteiger partial charge in [0, 0.05) is 44.1 Å². The molecule has 1 fully saturated rings. The molecule has 1 N–H and O–H groups in total. The highest BCUT2D eigenvalue weighted by Gasteiger charge is 2.14. The summed E-state index contributed by atoms with van der Waals surface area (Å²) in [5, 5.41) is 3.56. The Labute approximate surface area is 171 Å². The molecular formula is C24H27N3O2. The van der Waals surface area contributed by atoms with E-state index in [2.05, 4.69) is 58.7 Å². The van der Waals surface area contributed by atoms with E-state index in [9.17, 15) is 4.79 Å². The maximum absolute atomic E-state index is 11.9. The first kappa shape index (κ1) is 19.4. The third kappa shape index (κ3) is 5.13. The lowest BCUT2D eigenvalue weighted by atomic mass is 10.1. The highest BCUT2D eigenvalue weighted by molar-refractivity contribution is 5.53. The van der Waals surface area contributed by atoms with Gasteiger partial charge in [0.1, 0.15) is 0 Å². The highest BCUT2D eigenvalue weighted by atomic mass is 16.5. The SMILES string of the molecule is O=c1ccccn1Cc1ccc(CNCc2ccccc2N2CCOCC2)cc1. The van der Waals surface area contributed by atoms with Gasteiger partial charge in [-0.3, -0.25) is 4.79 Å². The standard InChI is InChI=1S/C24H27N3O2/c28-24-7-3-4-12-27(24)19-21-10-8-20(9-11-21)17-25-18-22-5-1-2-6-23(22)26-13-15-29-16-14-26/h1-12,25H,13-19H2. The highest BCUT2D eigenvalue weighted by Crippen LogP contribution is 2.21. The summed E-state index contributed by atoms with van der Waals surface area (Å²) in [6, 6.07) is 22.3. The predicted molar refractivity (Wildman–Crippen MR) is 116 cm³/mol. The maximum atomic E-state index is 11.9. The van der Waals surface area contributed by atoms with Crippen molar-refractivity contribution in [3.8, 4) is 0 Å². The zero-order chi connectivity index (χ0) is 19.9. The van der Waals surface area contributed by atoms with E-state index >= 15 is 0 Å². The molecule has 0 radical (unpaired) electrons. The summed E-state index contributed by atoms with van der Waals surface area (Å²) in [6.07, 6.45) is 1.82. The first-order chi connectivity index (χ1) is 14.3. The molecule has 1 aliphatic heterocycles. The van der Waals surface area contributed by atoms with E-state index in [1.807, 2.05) is 12.3 Å². The van der Waals surface area contributed by atoms with Crippen LogP contribution in [0.5, 0.6) is 0 Å². The van der Waals surface area contributed by atoms with Crippen molar-refractivity contribution in [1.29, 1.82) is 0 Å². The zero-order valence-electron chi connectivity index (χ0n) is 16.6. The molecule has 0 bridgehead atoms. The first-order valence-corrected chi connectivity index (χ1v) is 10.1. The van der Waals surface area contributed by atoms with Gasteiger partial charge in [-0.05, 0) is 28.8 Å². The van der Waals surface area contributed by atoms with Gasteiger partial charge in [-0.1, -0.05) is 48.5 Å². The minimum atomic E-state index is 0.0252. The van der Waals surface area contributed by atoms with Crippen LogP contribution in [-0.4, -0.2) is 30.9 Å². The Morgan fingerprint density at radius 3 is 2.34 bits per heavy atom. The quantitative estimate of drug-likeness (QED) is 0.675. The van der Waals surface area contributed by atoms with Gasteiger partial charge in [0.2, 0.25) is 0 Å². The van der Waals surface area contributed by atoms with E-state index in [0.29, 0.717) is 6.54 Å². The fraction of sp³-hybridized carbons (Fsp3) is 0.292. The van der Waals surface area contributed by atoms with Crippen LogP contribution in [0.3, 0.4) is 0 Å². The molecule has 1 aromatic heterocycles. The van der Waals surface area contributed by atoms with Crippen molar-refractivity contribution >= 4 is 5.69 Å². The van der Waals surface area contributed by atoms with Crippen LogP contribution in [0.4, 0.5) is 5.69 Å². The van der Waals surface area contributed by atoms with Gasteiger partial charge in [-0.2, -0.15) is 0 Å². The number of ether oxygens (including phenoxy) is 1. The van der Waals surface area contributed by atoms with Crippen LogP contribution in [0.1, 0.15) is 16.7 Å². The molecule has 0 saturated carbocycles. The lowest BCUT2D eigenvalue weighted by Gasteiger charge is -2.30. The summed E-state index contributed by atoms with van der Waals surface area (Å²) in [5.74, 6) is 0. The summed E-state index contributed by atoms with van der Waals surface area (Å²) >= 11 is 0. The minimum absolute atomic E-state index is 0.0252. The van der Waals surface area contributed by atoms with Crippen LogP contribution < -0.4 is 15.8 Å². The van der Waals surface area contributed by atoms with Crippen molar-refractivity contribution in [2.24, 2.45) is 0 Å². The number of pyridine rings is 1. The van der Waals surface area contributed by atoms with E-state index in [-0.39, 0.29) is 5.56 Å². The number of nitrogens with one attached hydrogen (secondary N) is 1. The van der Waals surface area contributed by atoms with Gasteiger partial charge >= 0.3 is 0 Å². The molecule has 4 rings (SSSR count). The average molecular weight is 389 g/mol. The van der Waals surface area contributed by atoms with Gasteiger partial charge in [0.15, 0.2) is 0 Å². The Balaban J connectivity index is 1.33. The number of aromatic nitrogens is 1. The Hall–Kier alpha value is -2.89. The van der Waals surface area contributed by atoms with Crippen molar-refractivity contribution in [3.05, 3.63) is 100.0 Å². The smallest absolute Gasteiger partial charge is 0.250 e. The molecule has 1 saturated heterocycles. The Bertz CT molecular complexity index is 976. The molecule has 150 valence electrons. The molecule has 29 heavy (non-hydrogen) atoms. The molecular weight excluding hydrogens is 362 g/mol. The zero-order valence-corrected chi connectivity index (χ0v) is 16.6. The summed E-state index contributed by atoms with van der Waals surface area (Å²) in [7, 11) is 0. The lowest BCUT2D eigenvalue weighted by molar-refractivity contribution is 0.122. The molecule has 5 heteroatoms. The first-order valence-electron chi connectivity index (χ1n) is 10.1. The normalized spacial score (nSPS) is 14.1. The number of benzene rings is 2. The number of morpholine rings is 1. The molecule has 0 spiro atoms. The summed E-state index contributed by atoms with van der Waals surface area (Å²) < 4.78 is 7.20. The van der Waals surface area contributed by atoms with Gasteiger partial charge in [0.25, 0.3) is 5.56 Å². The second-order valence-corrected chi connectivity index (χ2v) is 7.31. The van der Waals surface area contributed by atoms with E-state index in [1.54, 1.807) is 16.7 Å². The summed E-state index contributed by atoms with van der Waals surface area (Å²) in [6.45, 7) is 5.72. The molecule has 0 unspecified atom stereocenters. The van der Waals surface area contributed by atoms with Crippen LogP contribution in [-0.2, 0) is 24.4 Å². The summed E-state index contributed by atoms with van der Waals surface area (Å²) in [4.78, 5) is 14.3. The van der Waals surface area contributed by atoms with Gasteiger partial charge in [0.05, 0.1) is 19.8 Å². The predicted octanol–water partition coefficient (Wildman–Crippen LogP) is 3.02. The second-order valence-electron chi connectivity index (χ2n) is 7.31. The summed E-state index contributed by atoms with van der Waals surface area (Å²) in [5.41, 5.74) is 5.00. The monoisotopic (exact) mass is 389 g/mol. The van der Waals surface area contributed by atoms with E-state index in [4.69, 9.17) is 4.74 Å². The number of rotatable bonds is 7. The second kappa shape index (κ2) is 9.54. The van der Waals surface area contributed by atoms with E-state index < -0.39 is 0 Å². The van der Waals surface area contributed by atoms with Crippen LogP contribution in [0.2, 0.25) is 0 Å². The third-order valence-electron chi connectivity index (χ3n) is 5.26. The van der Waals surface area contributed by atoms with Crippen LogP contribution >= 0.6 is 0 Å². The molecule has 5 nitrogen and oxygen atoms in total. The number of nitrogens with zero attached hydrogens (tertiary/aromatic N) is 2. The van der Waals surface area contributed by atoms with Gasteiger partial charge in [-0.15, -0.1) is 0 Å². The van der Waals surface area contributed by atoms with Crippen molar-refractivity contribution in [1.82, 2.24) is 9.88 Å². The molecule has 0 amide bonds. The molecule has 0 atom stereocenters. The number of hydrogen-bond acceptors (Lipinski definition) is 4. The molecule has 3 aromatic rings. The Morgan fingerprint density at radius 1 is 0.828 bits per heavy atom. The van der Waals surface area contributed by atoms with Crippen LogP contribution in [0.25, 0.3) is 0 Å². The fourth-order valence-corrected chi connectivity index (χ4v) is 3.67. The maximum Gasteiger partial charge on any atom is 0.250 e. The topological polar surface area (TPSA) is 46.5 Å². The molecule has 2 aromatic carbocycles. The van der Waals surface area contributed by atoms with Crippen molar-refractivity contribution < 1.29 is 4.74 Å². The fourth-order valence-electron chi connectivity index (χ4n) is 3.67.